The number of hydrogen-bond acceptors (Lipinski definition) is 33. The Morgan fingerprint density at radius 2 is 0.803 bits per heavy atom. The van der Waals surface area contributed by atoms with Gasteiger partial charge in [-0.15, -0.1) is 23.0 Å². The summed E-state index contributed by atoms with van der Waals surface area (Å²) in [4.78, 5) is 111. The molecule has 0 saturated carbocycles. The van der Waals surface area contributed by atoms with Gasteiger partial charge in [-0.05, 0) is 131 Å². The van der Waals surface area contributed by atoms with Gasteiger partial charge in [0.1, 0.15) is 50.5 Å². The van der Waals surface area contributed by atoms with Crippen LogP contribution in [0.3, 0.4) is 0 Å². The molecule has 0 amide bonds. The number of esters is 5. The Morgan fingerprint density at radius 1 is 0.439 bits per heavy atom. The van der Waals surface area contributed by atoms with Crippen molar-refractivity contribution in [2.45, 2.75) is 197 Å². The van der Waals surface area contributed by atoms with E-state index in [-0.39, 0.29) is 132 Å². The number of ether oxygens (including phenoxy) is 19. The molecular weight excluding hydrogens is 1720 g/mol. The van der Waals surface area contributed by atoms with Crippen LogP contribution in [0.1, 0.15) is 142 Å². The third kappa shape index (κ3) is 34.2. The number of methoxy groups -OCH3 is 4. The molecule has 3 saturated heterocycles. The van der Waals surface area contributed by atoms with Gasteiger partial charge < -0.3 is 90.0 Å². The zero-order valence-corrected chi connectivity index (χ0v) is 77.1. The Hall–Kier alpha value is -13.3. The number of terminal acetylenes is 2. The van der Waals surface area contributed by atoms with E-state index in [2.05, 4.69) is 77.1 Å². The van der Waals surface area contributed by atoms with E-state index in [0.29, 0.717) is 94.0 Å². The number of carbonyl (C=O) groups excluding carboxylic acids is 9. The molecule has 5 heterocycles. The van der Waals surface area contributed by atoms with Gasteiger partial charge in [0.25, 0.3) is 0 Å². The maximum Gasteiger partial charge on any atom is 0.303 e. The van der Waals surface area contributed by atoms with Crippen LogP contribution in [0, 0.1) is 54.3 Å². The average Bonchev–Trinajstić information content (AvgIpc) is 1.29. The van der Waals surface area contributed by atoms with Crippen LogP contribution in [0.5, 0.6) is 46.0 Å². The van der Waals surface area contributed by atoms with Crippen molar-refractivity contribution < 1.29 is 133 Å². The monoisotopic (exact) mass is 1830 g/mol. The molecule has 4 aromatic carbocycles. The lowest BCUT2D eigenvalue weighted by Crippen LogP contribution is -2.61. The molecule has 0 aliphatic carbocycles. The highest BCUT2D eigenvalue weighted by Crippen LogP contribution is 2.39. The summed E-state index contributed by atoms with van der Waals surface area (Å²) < 4.78 is 110. The molecule has 15 unspecified atom stereocenters. The second kappa shape index (κ2) is 55.0. The number of hydrogen-bond donors (Lipinski definition) is 0. The summed E-state index contributed by atoms with van der Waals surface area (Å²) in [6.07, 6.45) is 19.1. The lowest BCUT2D eigenvalue weighted by atomic mass is 9.79. The topological polar surface area (TPSA) is 439 Å². The molecule has 15 atom stereocenters. The van der Waals surface area contributed by atoms with Crippen LogP contribution < -0.4 is 37.9 Å². The summed E-state index contributed by atoms with van der Waals surface area (Å²) in [7, 11) is 6.00. The minimum Gasteiger partial charge on any atom is -0.493 e. The third-order valence-electron chi connectivity index (χ3n) is 21.1. The maximum absolute atomic E-state index is 12.8. The summed E-state index contributed by atoms with van der Waals surface area (Å²) in [6, 6.07) is 20.6. The van der Waals surface area contributed by atoms with Gasteiger partial charge >= 0.3 is 29.8 Å². The molecule has 2 aromatic heterocycles. The number of allylic oxidation sites excluding steroid dienone is 4. The summed E-state index contributed by atoms with van der Waals surface area (Å²) in [5, 5.41) is 20.1. The predicted molar refractivity (Wildman–Crippen MR) is 478 cm³/mol. The van der Waals surface area contributed by atoms with Crippen LogP contribution in [0.2, 0.25) is 0 Å². The van der Waals surface area contributed by atoms with Gasteiger partial charge in [-0.3, -0.25) is 43.2 Å². The van der Waals surface area contributed by atoms with Crippen molar-refractivity contribution in [3.8, 4) is 70.7 Å². The van der Waals surface area contributed by atoms with Crippen molar-refractivity contribution in [1.82, 2.24) is 30.0 Å². The molecule has 6 aromatic rings. The van der Waals surface area contributed by atoms with Crippen LogP contribution >= 0.6 is 0 Å². The SMILES string of the molecule is C#CCOc1ccc(/C=C/C(=O)CC(=O)/C=C/c2ccc(OCC#C)c(OC)c2)cc1OC.CCC1OC(OCCN=[N+]=[N-])C(OC(C)=O)C(C)C1C.CCC1OC(OCCn2cc(COc3ccc(/C=C/C(=O)CC(=O)/C=C/c4ccc(OCc5cn(CCOC6OC(COC(C)=O)C(C)C(C)C6C)nn5)c(OC)c4)cc3OC)nn2)C(OC(C)=O)C(OC(C)=O)C1OC(C)=O. The second-order valence-corrected chi connectivity index (χ2v) is 30.6. The molecule has 9 rings (SSSR count). The van der Waals surface area contributed by atoms with E-state index in [1.54, 1.807) is 121 Å². The molecule has 3 aliphatic rings. The number of azide groups is 1. The Balaban J connectivity index is 0.000000363. The fraction of sp³-hybridized carbons (Fsp3) is 0.484. The van der Waals surface area contributed by atoms with Crippen LogP contribution in [0.15, 0.2) is 115 Å². The molecule has 37 heteroatoms. The fourth-order valence-electron chi connectivity index (χ4n) is 13.9. The Labute approximate surface area is 767 Å². The van der Waals surface area contributed by atoms with E-state index < -0.39 is 78.9 Å². The quantitative estimate of drug-likeness (QED) is 0.00394. The smallest absolute Gasteiger partial charge is 0.303 e. The van der Waals surface area contributed by atoms with Gasteiger partial charge in [0.15, 0.2) is 112 Å². The first-order valence-corrected chi connectivity index (χ1v) is 42.7. The molecule has 3 aliphatic heterocycles. The van der Waals surface area contributed by atoms with Crippen molar-refractivity contribution in [3.05, 3.63) is 154 Å². The van der Waals surface area contributed by atoms with Crippen LogP contribution in [-0.4, -0.2) is 219 Å². The zero-order valence-electron chi connectivity index (χ0n) is 77.1. The Kier molecular flexibility index (Phi) is 44.1. The first kappa shape index (κ1) is 106. The lowest BCUT2D eigenvalue weighted by Gasteiger charge is -2.44. The number of benzene rings is 4. The first-order valence-electron chi connectivity index (χ1n) is 42.7. The number of nitrogens with zero attached hydrogens (tertiary/aromatic N) is 9. The Morgan fingerprint density at radius 3 is 1.20 bits per heavy atom. The number of ketones is 4. The van der Waals surface area contributed by atoms with Crippen LogP contribution in [0.25, 0.3) is 34.7 Å². The summed E-state index contributed by atoms with van der Waals surface area (Å²) >= 11 is 0. The molecule has 0 spiro atoms. The highest BCUT2D eigenvalue weighted by atomic mass is 16.7. The van der Waals surface area contributed by atoms with E-state index in [1.165, 1.54) is 92.0 Å². The van der Waals surface area contributed by atoms with Crippen molar-refractivity contribution in [3.63, 3.8) is 0 Å². The van der Waals surface area contributed by atoms with Gasteiger partial charge in [0.2, 0.25) is 0 Å². The molecule has 0 N–H and O–H groups in total. The van der Waals surface area contributed by atoms with Gasteiger partial charge in [-0.1, -0.05) is 124 Å². The minimum absolute atomic E-state index is 0.0149. The van der Waals surface area contributed by atoms with E-state index in [1.807, 2.05) is 6.92 Å². The number of carbonyl (C=O) groups is 9. The molecule has 0 bridgehead atoms. The summed E-state index contributed by atoms with van der Waals surface area (Å²) in [6.45, 7) is 22.6. The molecular formula is C95H117N9O28. The fourth-order valence-corrected chi connectivity index (χ4v) is 13.9. The van der Waals surface area contributed by atoms with Gasteiger partial charge in [-0.2, -0.15) is 0 Å². The Bertz CT molecular complexity index is 5010. The van der Waals surface area contributed by atoms with Crippen LogP contribution in [0.4, 0.5) is 0 Å². The van der Waals surface area contributed by atoms with Gasteiger partial charge in [0, 0.05) is 57.9 Å². The van der Waals surface area contributed by atoms with Crippen molar-refractivity contribution >= 4 is 77.3 Å². The zero-order chi connectivity index (χ0) is 96.3. The molecule has 3 fully saturated rings. The number of rotatable bonds is 46. The molecule has 0 radical (unpaired) electrons. The van der Waals surface area contributed by atoms with Crippen molar-refractivity contribution in [2.75, 3.05) is 74.6 Å². The van der Waals surface area contributed by atoms with Gasteiger partial charge in [-0.25, -0.2) is 9.36 Å². The van der Waals surface area contributed by atoms with Gasteiger partial charge in [0.05, 0.1) is 98.8 Å². The van der Waals surface area contributed by atoms with E-state index in [9.17, 15) is 43.2 Å². The molecule has 132 heavy (non-hydrogen) atoms. The highest BCUT2D eigenvalue weighted by Gasteiger charge is 2.52. The molecule has 37 nitrogen and oxygen atoms in total. The standard InChI is InChI=1S/C55H70N6O18.C27H24O6.C13H23N3O4/c1-11-45-51(75-36(6)63)52(76-37(7)64)53(77-38(8)65)55(78-45)71-23-21-61-28-42(57-59-61)30-74-47-19-15-40(25-49(47)69-10)13-17-44(67)26-43(66)16-12-39-14-18-46(48(24-39)68-9)73-29-41-27-60(58-56-41)20-22-70-54-34(4)32(2)33(3)50(79-54)31-72-35(5)62;1-5-15-32-24-13-9-20(17-26(24)30-3)7-11-22(28)19-23(29)12-8-21-10-14-25(33-16-6-2)27(18-21)31-4;1-5-11-8(2)9(3)12(19-10(4)17)13(20-11)18-7-6-15-16-14/h12-19,24-25,27-28,32-34,45,50-55H,11,20-23,26,29-31H2,1-10H3;1-2,7-14,17-18H,15-16,19H2,3-4H3;8-9,11-13H,5-7H2,1-4H3/b16-12+,17-13+;11-7+,12-8+;. The van der Waals surface area contributed by atoms with Crippen LogP contribution in [-0.2, 0) is 122 Å². The average molecular weight is 1830 g/mol. The molecule has 710 valence electrons. The summed E-state index contributed by atoms with van der Waals surface area (Å²) in [5.74, 6) is 5.33. The van der Waals surface area contributed by atoms with E-state index in [4.69, 9.17) is 108 Å². The lowest BCUT2D eigenvalue weighted by molar-refractivity contribution is -0.304. The second-order valence-electron chi connectivity index (χ2n) is 30.6. The summed E-state index contributed by atoms with van der Waals surface area (Å²) in [5.41, 5.74) is 12.0. The third-order valence-corrected chi connectivity index (χ3v) is 21.1. The predicted octanol–water partition coefficient (Wildman–Crippen LogP) is 12.1. The maximum atomic E-state index is 12.8. The normalized spacial score (nSPS) is 21.4. The van der Waals surface area contributed by atoms with Crippen molar-refractivity contribution in [1.29, 1.82) is 0 Å². The first-order chi connectivity index (χ1) is 63.3. The highest BCUT2D eigenvalue weighted by molar-refractivity contribution is 6.11. The van der Waals surface area contributed by atoms with Crippen molar-refractivity contribution in [2.24, 2.45) is 34.7 Å². The van der Waals surface area contributed by atoms with E-state index >= 15 is 0 Å². The van der Waals surface area contributed by atoms with E-state index in [0.717, 1.165) is 17.5 Å². The minimum atomic E-state index is -1.23. The largest absolute Gasteiger partial charge is 0.493 e. The number of aromatic nitrogens is 6.